The van der Waals surface area contributed by atoms with Gasteiger partial charge < -0.3 is 9.47 Å². The first kappa shape index (κ1) is 40.7. The predicted octanol–water partition coefficient (Wildman–Crippen LogP) is 13.7. The molecule has 0 radical (unpaired) electrons. The number of carbonyl (C=O) groups is 1. The Kier molecular flexibility index (Phi) is 19.6. The summed E-state index contributed by atoms with van der Waals surface area (Å²) in [6.45, 7) is 20.5. The molecule has 0 aromatic heterocycles. The molecular formula is C43H76O3. The van der Waals surface area contributed by atoms with Crippen molar-refractivity contribution < 1.29 is 14.3 Å². The maximum Gasteiger partial charge on any atom is 0.311 e. The van der Waals surface area contributed by atoms with Gasteiger partial charge in [0.2, 0.25) is 0 Å². The van der Waals surface area contributed by atoms with E-state index < -0.39 is 0 Å². The average Bonchev–Trinajstić information content (AvgIpc) is 3.00. The molecule has 3 nitrogen and oxygen atoms in total. The molecule has 3 atom stereocenters. The molecule has 0 bridgehead atoms. The van der Waals surface area contributed by atoms with E-state index in [1.807, 2.05) is 0 Å². The van der Waals surface area contributed by atoms with Gasteiger partial charge in [-0.05, 0) is 94.2 Å². The standard InChI is InChI=1S/C43H76O3/c1-10-11-12-13-14-15-16-17-18-19-20-29-40(44)45-41-36(6)37(7)42-39(38(41)8)30-32-43(9,46-42)31-23-28-35(5)27-22-26-34(4)25-21-24-33(2)3/h33-35H,10-32H2,1-9H3/t34-,35-,43-/m1/s1. The molecule has 3 heteroatoms. The van der Waals surface area contributed by atoms with Crippen LogP contribution in [0.1, 0.15) is 205 Å². The zero-order chi connectivity index (χ0) is 34.0. The van der Waals surface area contributed by atoms with Crippen LogP contribution in [0.3, 0.4) is 0 Å². The minimum absolute atomic E-state index is 0.0854. The fourth-order valence-electron chi connectivity index (χ4n) is 7.51. The summed E-state index contributed by atoms with van der Waals surface area (Å²) in [5, 5.41) is 0. The molecule has 0 saturated carbocycles. The number of fused-ring (bicyclic) bond motifs is 1. The van der Waals surface area contributed by atoms with Crippen LogP contribution in [0, 0.1) is 38.5 Å². The van der Waals surface area contributed by atoms with Gasteiger partial charge in [-0.3, -0.25) is 4.79 Å². The van der Waals surface area contributed by atoms with Crippen LogP contribution >= 0.6 is 0 Å². The van der Waals surface area contributed by atoms with Gasteiger partial charge in [0, 0.05) is 12.0 Å². The van der Waals surface area contributed by atoms with E-state index in [1.165, 1.54) is 115 Å². The van der Waals surface area contributed by atoms with E-state index in [-0.39, 0.29) is 11.6 Å². The van der Waals surface area contributed by atoms with E-state index in [1.54, 1.807) is 0 Å². The highest BCUT2D eigenvalue weighted by Crippen LogP contribution is 2.45. The second kappa shape index (κ2) is 22.2. The SMILES string of the molecule is CCCCCCCCCCCCCC(=O)Oc1c(C)c(C)c2c(c1C)CC[C@@](C)(CCC[C@H](C)CCC[C@H](C)CCCC(C)C)O2. The van der Waals surface area contributed by atoms with Gasteiger partial charge in [0.05, 0.1) is 0 Å². The largest absolute Gasteiger partial charge is 0.487 e. The van der Waals surface area contributed by atoms with Crippen LogP contribution in [0.15, 0.2) is 0 Å². The quantitative estimate of drug-likeness (QED) is 0.0606. The normalized spacial score (nSPS) is 17.5. The number of rotatable bonds is 25. The molecule has 1 aliphatic heterocycles. The Balaban J connectivity index is 1.74. The third-order valence-electron chi connectivity index (χ3n) is 11.0. The van der Waals surface area contributed by atoms with Crippen LogP contribution < -0.4 is 9.47 Å². The summed E-state index contributed by atoms with van der Waals surface area (Å²) in [7, 11) is 0. The number of carbonyl (C=O) groups excluding carboxylic acids is 1. The topological polar surface area (TPSA) is 35.5 Å². The van der Waals surface area contributed by atoms with Crippen LogP contribution in [0.5, 0.6) is 11.5 Å². The first-order chi connectivity index (χ1) is 22.0. The number of hydrogen-bond acceptors (Lipinski definition) is 3. The highest BCUT2D eigenvalue weighted by molar-refractivity contribution is 5.74. The van der Waals surface area contributed by atoms with Gasteiger partial charge in [0.1, 0.15) is 17.1 Å². The van der Waals surface area contributed by atoms with Gasteiger partial charge in [-0.15, -0.1) is 0 Å². The first-order valence-electron chi connectivity index (χ1n) is 20.0. The van der Waals surface area contributed by atoms with Crippen LogP contribution in [0.2, 0.25) is 0 Å². The molecule has 1 heterocycles. The summed E-state index contributed by atoms with van der Waals surface area (Å²) in [5.74, 6) is 4.24. The summed E-state index contributed by atoms with van der Waals surface area (Å²) < 4.78 is 12.9. The summed E-state index contributed by atoms with van der Waals surface area (Å²) in [6.07, 6.45) is 28.6. The minimum atomic E-state index is -0.117. The lowest BCUT2D eigenvalue weighted by atomic mass is 9.83. The second-order valence-corrected chi connectivity index (χ2v) is 16.2. The maximum atomic E-state index is 12.8. The predicted molar refractivity (Wildman–Crippen MR) is 199 cm³/mol. The summed E-state index contributed by atoms with van der Waals surface area (Å²) in [5.41, 5.74) is 4.42. The maximum absolute atomic E-state index is 12.8. The van der Waals surface area contributed by atoms with Crippen molar-refractivity contribution in [2.45, 2.75) is 216 Å². The Bertz CT molecular complexity index is 994. The Morgan fingerprint density at radius 2 is 1.22 bits per heavy atom. The molecule has 0 N–H and O–H groups in total. The Labute approximate surface area is 286 Å². The van der Waals surface area contributed by atoms with Gasteiger partial charge in [-0.1, -0.05) is 144 Å². The third-order valence-corrected chi connectivity index (χ3v) is 11.0. The van der Waals surface area contributed by atoms with E-state index in [0.717, 1.165) is 78.0 Å². The van der Waals surface area contributed by atoms with Gasteiger partial charge >= 0.3 is 5.97 Å². The smallest absolute Gasteiger partial charge is 0.311 e. The molecule has 0 amide bonds. The van der Waals surface area contributed by atoms with E-state index in [9.17, 15) is 4.79 Å². The van der Waals surface area contributed by atoms with Gasteiger partial charge in [0.15, 0.2) is 0 Å². The highest BCUT2D eigenvalue weighted by Gasteiger charge is 2.34. The lowest BCUT2D eigenvalue weighted by Gasteiger charge is -2.38. The van der Waals surface area contributed by atoms with E-state index in [2.05, 4.69) is 62.3 Å². The molecule has 2 rings (SSSR count). The van der Waals surface area contributed by atoms with Crippen molar-refractivity contribution >= 4 is 5.97 Å². The van der Waals surface area contributed by atoms with Crippen molar-refractivity contribution in [3.05, 3.63) is 22.3 Å². The number of ether oxygens (including phenoxy) is 2. The van der Waals surface area contributed by atoms with Gasteiger partial charge in [0.25, 0.3) is 0 Å². The van der Waals surface area contributed by atoms with Crippen LogP contribution in [0.4, 0.5) is 0 Å². The summed E-state index contributed by atoms with van der Waals surface area (Å²) in [6, 6.07) is 0. The molecule has 1 aromatic carbocycles. The molecule has 0 unspecified atom stereocenters. The van der Waals surface area contributed by atoms with Crippen molar-refractivity contribution in [3.63, 3.8) is 0 Å². The number of hydrogen-bond donors (Lipinski definition) is 0. The van der Waals surface area contributed by atoms with E-state index in [4.69, 9.17) is 9.47 Å². The van der Waals surface area contributed by atoms with E-state index >= 15 is 0 Å². The Morgan fingerprint density at radius 3 is 1.78 bits per heavy atom. The Hall–Kier alpha value is -1.51. The molecule has 46 heavy (non-hydrogen) atoms. The monoisotopic (exact) mass is 641 g/mol. The molecule has 0 fully saturated rings. The molecule has 1 aromatic rings. The summed E-state index contributed by atoms with van der Waals surface area (Å²) >= 11 is 0. The number of benzene rings is 1. The van der Waals surface area contributed by atoms with Gasteiger partial charge in [-0.2, -0.15) is 0 Å². The number of esters is 1. The molecular weight excluding hydrogens is 564 g/mol. The van der Waals surface area contributed by atoms with Crippen LogP contribution in [-0.4, -0.2) is 11.6 Å². The first-order valence-corrected chi connectivity index (χ1v) is 20.0. The molecule has 0 spiro atoms. The van der Waals surface area contributed by atoms with Crippen LogP contribution in [-0.2, 0) is 11.2 Å². The van der Waals surface area contributed by atoms with Crippen molar-refractivity contribution in [2.24, 2.45) is 17.8 Å². The Morgan fingerprint density at radius 1 is 0.696 bits per heavy atom. The minimum Gasteiger partial charge on any atom is -0.487 e. The summed E-state index contributed by atoms with van der Waals surface area (Å²) in [4.78, 5) is 12.8. The second-order valence-electron chi connectivity index (χ2n) is 16.2. The lowest BCUT2D eigenvalue weighted by Crippen LogP contribution is -2.37. The van der Waals surface area contributed by atoms with Gasteiger partial charge in [-0.25, -0.2) is 0 Å². The molecule has 1 aliphatic rings. The fraction of sp³-hybridized carbons (Fsp3) is 0.837. The lowest BCUT2D eigenvalue weighted by molar-refractivity contribution is -0.134. The van der Waals surface area contributed by atoms with Crippen molar-refractivity contribution in [3.8, 4) is 11.5 Å². The van der Waals surface area contributed by atoms with Crippen molar-refractivity contribution in [2.75, 3.05) is 0 Å². The molecule has 0 aliphatic carbocycles. The molecule has 0 saturated heterocycles. The zero-order valence-corrected chi connectivity index (χ0v) is 32.2. The van der Waals surface area contributed by atoms with Crippen molar-refractivity contribution in [1.29, 1.82) is 0 Å². The van der Waals surface area contributed by atoms with Crippen LogP contribution in [0.25, 0.3) is 0 Å². The fourth-order valence-corrected chi connectivity index (χ4v) is 7.51. The third kappa shape index (κ3) is 15.1. The van der Waals surface area contributed by atoms with Crippen molar-refractivity contribution in [1.82, 2.24) is 0 Å². The number of unbranched alkanes of at least 4 members (excludes halogenated alkanes) is 10. The van der Waals surface area contributed by atoms with E-state index in [0.29, 0.717) is 6.42 Å². The molecule has 266 valence electrons. The highest BCUT2D eigenvalue weighted by atomic mass is 16.5. The zero-order valence-electron chi connectivity index (χ0n) is 32.2. The average molecular weight is 641 g/mol.